The molecule has 4 fully saturated rings. The van der Waals surface area contributed by atoms with Crippen LogP contribution in [0.3, 0.4) is 0 Å². The molecule has 5 nitrogen and oxygen atoms in total. The number of para-hydroxylation sites is 1. The van der Waals surface area contributed by atoms with E-state index in [1.54, 1.807) is 0 Å². The monoisotopic (exact) mass is 361 g/mol. The van der Waals surface area contributed by atoms with Gasteiger partial charge in [0, 0.05) is 18.5 Å². The number of hydrogen-bond acceptors (Lipinski definition) is 4. The molecule has 0 unspecified atom stereocenters. The number of halogens is 1. The van der Waals surface area contributed by atoms with E-state index in [1.165, 1.54) is 32.4 Å². The van der Waals surface area contributed by atoms with E-state index in [2.05, 4.69) is 15.2 Å². The van der Waals surface area contributed by atoms with Crippen LogP contribution < -0.4 is 5.32 Å². The fraction of sp³-hybridized carbons (Fsp3) is 0.579. The van der Waals surface area contributed by atoms with Crippen LogP contribution in [0.4, 0.5) is 0 Å². The van der Waals surface area contributed by atoms with Gasteiger partial charge in [-0.25, -0.2) is 4.98 Å². The summed E-state index contributed by atoms with van der Waals surface area (Å²) in [4.78, 5) is 20.0. The Kier molecular flexibility index (Phi) is 4.46. The Morgan fingerprint density at radius 1 is 1.20 bits per heavy atom. The molecular formula is C19H24ClN3O2. The predicted octanol–water partition coefficient (Wildman–Crippen LogP) is 3.34. The Balaban J connectivity index is 0.00000157. The van der Waals surface area contributed by atoms with Gasteiger partial charge in [-0.05, 0) is 56.8 Å². The van der Waals surface area contributed by atoms with Crippen molar-refractivity contribution in [3.05, 3.63) is 29.7 Å². The topological polar surface area (TPSA) is 58.4 Å². The fourth-order valence-electron chi connectivity index (χ4n) is 4.35. The number of carbonyl (C=O) groups is 1. The molecule has 1 amide bonds. The molecule has 4 aliphatic rings. The molecule has 1 aromatic heterocycles. The molecule has 6 rings (SSSR count). The number of oxazole rings is 1. The van der Waals surface area contributed by atoms with Crippen molar-refractivity contribution in [2.24, 2.45) is 5.92 Å². The molecule has 1 N–H and O–H groups in total. The number of piperidine rings is 3. The molecule has 1 aromatic carbocycles. The van der Waals surface area contributed by atoms with Gasteiger partial charge in [0.25, 0.3) is 5.91 Å². The lowest BCUT2D eigenvalue weighted by atomic mass is 9.84. The molecule has 1 aliphatic carbocycles. The van der Waals surface area contributed by atoms with Crippen molar-refractivity contribution in [1.29, 1.82) is 0 Å². The fourth-order valence-corrected chi connectivity index (χ4v) is 4.35. The van der Waals surface area contributed by atoms with Crippen LogP contribution in [-0.2, 0) is 0 Å². The molecule has 3 aliphatic heterocycles. The zero-order valence-electron chi connectivity index (χ0n) is 14.2. The third-order valence-corrected chi connectivity index (χ3v) is 6.11. The molecule has 3 saturated heterocycles. The smallest absolute Gasteiger partial charge is 0.253 e. The number of rotatable bonds is 3. The highest BCUT2D eigenvalue weighted by atomic mass is 35.5. The zero-order chi connectivity index (χ0) is 16.1. The maximum absolute atomic E-state index is 12.9. The van der Waals surface area contributed by atoms with Crippen molar-refractivity contribution in [3.8, 4) is 0 Å². The standard InChI is InChI=1S/C19H23N3O2.ClH/c23-18(20-15-11-22-9-7-12(15)8-10-22)14-5-2-6-16-17(14)21-19(24-16)13-3-1-4-13;/h2,5-6,12-13,15H,1,3-4,7-11H2,(H,20,23);1H/t15-;/m1./s1. The average molecular weight is 362 g/mol. The SMILES string of the molecule is Cl.O=C(N[C@@H]1CN2CCC1CC2)c1cccc2oc(C3CCC3)nc12. The molecular weight excluding hydrogens is 338 g/mol. The molecule has 2 bridgehead atoms. The van der Waals surface area contributed by atoms with E-state index in [-0.39, 0.29) is 24.4 Å². The van der Waals surface area contributed by atoms with Gasteiger partial charge in [-0.1, -0.05) is 12.5 Å². The summed E-state index contributed by atoms with van der Waals surface area (Å²) in [5.41, 5.74) is 2.11. The van der Waals surface area contributed by atoms with Crippen LogP contribution in [0, 0.1) is 5.92 Å². The first-order valence-electron chi connectivity index (χ1n) is 9.20. The minimum atomic E-state index is -0.00666. The molecule has 2 aromatic rings. The van der Waals surface area contributed by atoms with Crippen molar-refractivity contribution in [3.63, 3.8) is 0 Å². The van der Waals surface area contributed by atoms with Gasteiger partial charge < -0.3 is 14.6 Å². The highest BCUT2D eigenvalue weighted by molar-refractivity contribution is 6.04. The van der Waals surface area contributed by atoms with Crippen LogP contribution in [0.2, 0.25) is 0 Å². The second-order valence-corrected chi connectivity index (χ2v) is 7.55. The summed E-state index contributed by atoms with van der Waals surface area (Å²) < 4.78 is 5.90. The Morgan fingerprint density at radius 3 is 2.64 bits per heavy atom. The van der Waals surface area contributed by atoms with Crippen molar-refractivity contribution in [2.45, 2.75) is 44.1 Å². The van der Waals surface area contributed by atoms with E-state index in [0.717, 1.165) is 36.4 Å². The number of nitrogens with one attached hydrogen (secondary N) is 1. The second-order valence-electron chi connectivity index (χ2n) is 7.55. The Bertz CT molecular complexity index is 778. The number of fused-ring (bicyclic) bond motifs is 4. The largest absolute Gasteiger partial charge is 0.440 e. The molecule has 4 heterocycles. The Labute approximate surface area is 153 Å². The van der Waals surface area contributed by atoms with E-state index in [1.807, 2.05) is 18.2 Å². The Morgan fingerprint density at radius 2 is 2.00 bits per heavy atom. The average Bonchev–Trinajstić information content (AvgIpc) is 2.97. The second kappa shape index (κ2) is 6.61. The highest BCUT2D eigenvalue weighted by Gasteiger charge is 2.35. The predicted molar refractivity (Wildman–Crippen MR) is 98.3 cm³/mol. The summed E-state index contributed by atoms with van der Waals surface area (Å²) in [5, 5.41) is 3.26. The number of amides is 1. The maximum atomic E-state index is 12.9. The van der Waals surface area contributed by atoms with Crippen LogP contribution >= 0.6 is 12.4 Å². The van der Waals surface area contributed by atoms with Crippen LogP contribution in [0.25, 0.3) is 11.1 Å². The van der Waals surface area contributed by atoms with E-state index < -0.39 is 0 Å². The van der Waals surface area contributed by atoms with Crippen LogP contribution in [0.1, 0.15) is 54.3 Å². The number of hydrogen-bond donors (Lipinski definition) is 1. The minimum absolute atomic E-state index is 0. The first-order valence-corrected chi connectivity index (χ1v) is 9.20. The summed E-state index contributed by atoms with van der Waals surface area (Å²) in [6.07, 6.45) is 5.94. The van der Waals surface area contributed by atoms with E-state index in [9.17, 15) is 4.79 Å². The van der Waals surface area contributed by atoms with E-state index in [4.69, 9.17) is 4.42 Å². The molecule has 1 saturated carbocycles. The number of carbonyl (C=O) groups excluding carboxylic acids is 1. The van der Waals surface area contributed by atoms with Gasteiger partial charge >= 0.3 is 0 Å². The lowest BCUT2D eigenvalue weighted by Gasteiger charge is -2.44. The number of aromatic nitrogens is 1. The lowest BCUT2D eigenvalue weighted by Crippen LogP contribution is -2.57. The van der Waals surface area contributed by atoms with Crippen LogP contribution in [0.15, 0.2) is 22.6 Å². The third-order valence-electron chi connectivity index (χ3n) is 6.11. The normalized spacial score (nSPS) is 28.4. The molecule has 0 radical (unpaired) electrons. The Hall–Kier alpha value is -1.59. The van der Waals surface area contributed by atoms with Crippen molar-refractivity contribution < 1.29 is 9.21 Å². The zero-order valence-corrected chi connectivity index (χ0v) is 15.1. The summed E-state index contributed by atoms with van der Waals surface area (Å²) in [5.74, 6) is 1.86. The summed E-state index contributed by atoms with van der Waals surface area (Å²) in [7, 11) is 0. The maximum Gasteiger partial charge on any atom is 0.253 e. The van der Waals surface area contributed by atoms with Crippen LogP contribution in [-0.4, -0.2) is 41.5 Å². The van der Waals surface area contributed by atoms with E-state index in [0.29, 0.717) is 17.4 Å². The minimum Gasteiger partial charge on any atom is -0.440 e. The first-order chi connectivity index (χ1) is 11.8. The molecule has 25 heavy (non-hydrogen) atoms. The summed E-state index contributed by atoms with van der Waals surface area (Å²) in [6.45, 7) is 3.35. The summed E-state index contributed by atoms with van der Waals surface area (Å²) >= 11 is 0. The quantitative estimate of drug-likeness (QED) is 0.910. The molecule has 0 spiro atoms. The van der Waals surface area contributed by atoms with E-state index >= 15 is 0 Å². The van der Waals surface area contributed by atoms with Crippen molar-refractivity contribution >= 4 is 29.4 Å². The third kappa shape index (κ3) is 2.93. The van der Waals surface area contributed by atoms with Gasteiger partial charge in [0.05, 0.1) is 5.56 Å². The van der Waals surface area contributed by atoms with Crippen molar-refractivity contribution in [2.75, 3.05) is 19.6 Å². The van der Waals surface area contributed by atoms with Gasteiger partial charge in [-0.2, -0.15) is 0 Å². The van der Waals surface area contributed by atoms with Crippen LogP contribution in [0.5, 0.6) is 0 Å². The van der Waals surface area contributed by atoms with Gasteiger partial charge in [-0.15, -0.1) is 12.4 Å². The van der Waals surface area contributed by atoms with Gasteiger partial charge in [0.15, 0.2) is 11.5 Å². The highest BCUT2D eigenvalue weighted by Crippen LogP contribution is 2.37. The van der Waals surface area contributed by atoms with Gasteiger partial charge in [-0.3, -0.25) is 4.79 Å². The van der Waals surface area contributed by atoms with Crippen molar-refractivity contribution in [1.82, 2.24) is 15.2 Å². The first kappa shape index (κ1) is 16.9. The summed E-state index contributed by atoms with van der Waals surface area (Å²) in [6, 6.07) is 5.94. The van der Waals surface area contributed by atoms with Gasteiger partial charge in [0.1, 0.15) is 5.52 Å². The lowest BCUT2D eigenvalue weighted by molar-refractivity contribution is 0.0621. The molecule has 6 heteroatoms. The molecule has 1 atom stereocenters. The number of benzene rings is 1. The number of nitrogens with zero attached hydrogens (tertiary/aromatic N) is 2. The van der Waals surface area contributed by atoms with Gasteiger partial charge in [0.2, 0.25) is 0 Å². The molecule has 134 valence electrons.